The largest absolute Gasteiger partial charge is 0.482 e. The van der Waals surface area contributed by atoms with E-state index >= 15 is 0 Å². The number of ether oxygens (including phenoxy) is 1. The Morgan fingerprint density at radius 1 is 1.29 bits per heavy atom. The van der Waals surface area contributed by atoms with Crippen LogP contribution in [0.15, 0.2) is 88.9 Å². The van der Waals surface area contributed by atoms with Gasteiger partial charge in [0.25, 0.3) is 5.91 Å². The molecule has 0 fully saturated rings. The molecule has 0 radical (unpaired) electrons. The summed E-state index contributed by atoms with van der Waals surface area (Å²) < 4.78 is 7.03. The van der Waals surface area contributed by atoms with Crippen molar-refractivity contribution in [1.82, 2.24) is 9.99 Å². The van der Waals surface area contributed by atoms with E-state index in [9.17, 15) is 9.59 Å². The minimum Gasteiger partial charge on any atom is -0.482 e. The Kier molecular flexibility index (Phi) is 7.72. The highest BCUT2D eigenvalue weighted by Crippen LogP contribution is 2.15. The molecule has 0 aliphatic rings. The molecule has 0 saturated heterocycles. The van der Waals surface area contributed by atoms with Crippen LogP contribution < -0.4 is 15.5 Å². The number of hydrogen-bond donors (Lipinski definition) is 1. The van der Waals surface area contributed by atoms with Gasteiger partial charge in [-0.2, -0.15) is 5.10 Å². The second-order valence-corrected chi connectivity index (χ2v) is 5.68. The second kappa shape index (κ2) is 10.5. The van der Waals surface area contributed by atoms with Crippen molar-refractivity contribution >= 4 is 12.1 Å². The molecule has 6 heteroatoms. The summed E-state index contributed by atoms with van der Waals surface area (Å²) in [4.78, 5) is 24.8. The van der Waals surface area contributed by atoms with Gasteiger partial charge >= 0.3 is 0 Å². The number of carbonyl (C=O) groups is 1. The van der Waals surface area contributed by atoms with Gasteiger partial charge in [0.1, 0.15) is 6.61 Å². The molecule has 0 aliphatic carbocycles. The van der Waals surface area contributed by atoms with Crippen LogP contribution in [0.3, 0.4) is 0 Å². The molecular weight excluding hydrogens is 354 g/mol. The van der Waals surface area contributed by atoms with Gasteiger partial charge in [0, 0.05) is 19.3 Å². The number of aromatic nitrogens is 1. The summed E-state index contributed by atoms with van der Waals surface area (Å²) in [6.07, 6.45) is 10.1. The Morgan fingerprint density at radius 3 is 2.68 bits per heavy atom. The molecule has 1 N–H and O–H groups in total. The first-order valence-electron chi connectivity index (χ1n) is 8.75. The molecule has 0 saturated carbocycles. The predicted octanol–water partition coefficient (Wildman–Crippen LogP) is 3.31. The quantitative estimate of drug-likeness (QED) is 0.567. The van der Waals surface area contributed by atoms with E-state index < -0.39 is 11.3 Å². The van der Waals surface area contributed by atoms with Crippen molar-refractivity contribution in [2.24, 2.45) is 5.10 Å². The summed E-state index contributed by atoms with van der Waals surface area (Å²) in [7, 11) is 1.49. The van der Waals surface area contributed by atoms with Crippen molar-refractivity contribution in [3.05, 3.63) is 101 Å². The van der Waals surface area contributed by atoms with Gasteiger partial charge in [-0.05, 0) is 18.1 Å². The maximum absolute atomic E-state index is 12.4. The first-order chi connectivity index (χ1) is 13.6. The van der Waals surface area contributed by atoms with Gasteiger partial charge in [-0.25, -0.2) is 4.68 Å². The highest BCUT2D eigenvalue weighted by atomic mass is 16.5. The molecule has 0 spiro atoms. The van der Waals surface area contributed by atoms with E-state index in [1.807, 2.05) is 49.4 Å². The van der Waals surface area contributed by atoms with Crippen molar-refractivity contribution in [3.63, 3.8) is 0 Å². The molecule has 0 atom stereocenters. The van der Waals surface area contributed by atoms with Gasteiger partial charge in [-0.1, -0.05) is 61.2 Å². The van der Waals surface area contributed by atoms with Crippen molar-refractivity contribution in [3.8, 4) is 5.75 Å². The van der Waals surface area contributed by atoms with Gasteiger partial charge < -0.3 is 10.1 Å². The lowest BCUT2D eigenvalue weighted by molar-refractivity contribution is 0.0948. The molecule has 1 amide bonds. The molecule has 1 aromatic carbocycles. The molecular formula is C22H23N3O3. The molecule has 1 aromatic heterocycles. The molecule has 0 aliphatic heterocycles. The summed E-state index contributed by atoms with van der Waals surface area (Å²) in [6.45, 7) is 5.66. The van der Waals surface area contributed by atoms with Gasteiger partial charge in [0.05, 0.1) is 6.21 Å². The number of pyridine rings is 1. The number of amides is 1. The van der Waals surface area contributed by atoms with Crippen molar-refractivity contribution in [1.29, 1.82) is 0 Å². The Labute approximate surface area is 164 Å². The maximum Gasteiger partial charge on any atom is 0.273 e. The van der Waals surface area contributed by atoms with Gasteiger partial charge in [0.2, 0.25) is 5.43 Å². The molecule has 28 heavy (non-hydrogen) atoms. The highest BCUT2D eigenvalue weighted by molar-refractivity contribution is 5.95. The van der Waals surface area contributed by atoms with Crippen LogP contribution in [-0.4, -0.2) is 23.8 Å². The van der Waals surface area contributed by atoms with Crippen LogP contribution in [0.1, 0.15) is 23.0 Å². The topological polar surface area (TPSA) is 72.7 Å². The van der Waals surface area contributed by atoms with Crippen LogP contribution in [0.5, 0.6) is 5.75 Å². The number of nitrogens with zero attached hydrogens (tertiary/aromatic N) is 2. The summed E-state index contributed by atoms with van der Waals surface area (Å²) in [5, 5.41) is 6.84. The van der Waals surface area contributed by atoms with Crippen LogP contribution in [-0.2, 0) is 6.61 Å². The zero-order chi connectivity index (χ0) is 20.4. The average Bonchev–Trinajstić information content (AvgIpc) is 2.73. The molecule has 0 unspecified atom stereocenters. The predicted molar refractivity (Wildman–Crippen MR) is 112 cm³/mol. The highest BCUT2D eigenvalue weighted by Gasteiger charge is 2.19. The molecule has 2 aromatic rings. The lowest BCUT2D eigenvalue weighted by Crippen LogP contribution is -2.26. The first kappa shape index (κ1) is 20.6. The third-order valence-electron chi connectivity index (χ3n) is 3.79. The zero-order valence-electron chi connectivity index (χ0n) is 16.0. The van der Waals surface area contributed by atoms with E-state index in [4.69, 9.17) is 4.74 Å². The van der Waals surface area contributed by atoms with Crippen molar-refractivity contribution in [2.75, 3.05) is 7.05 Å². The smallest absolute Gasteiger partial charge is 0.273 e. The van der Waals surface area contributed by atoms with Crippen LogP contribution in [0, 0.1) is 0 Å². The molecule has 1 heterocycles. The van der Waals surface area contributed by atoms with Crippen LogP contribution in [0.2, 0.25) is 0 Å². The Balaban J connectivity index is 2.43. The summed E-state index contributed by atoms with van der Waals surface area (Å²) >= 11 is 0. The van der Waals surface area contributed by atoms with Crippen molar-refractivity contribution in [2.45, 2.75) is 13.5 Å². The third kappa shape index (κ3) is 5.41. The normalized spacial score (nSPS) is 11.7. The van der Waals surface area contributed by atoms with E-state index in [2.05, 4.69) is 17.0 Å². The fraction of sp³-hybridized carbons (Fsp3) is 0.136. The number of hydrogen-bond acceptors (Lipinski definition) is 4. The van der Waals surface area contributed by atoms with E-state index in [-0.39, 0.29) is 18.1 Å². The van der Waals surface area contributed by atoms with Crippen LogP contribution in [0.25, 0.3) is 0 Å². The zero-order valence-corrected chi connectivity index (χ0v) is 16.0. The number of carbonyl (C=O) groups excluding carboxylic acids is 1. The van der Waals surface area contributed by atoms with Crippen molar-refractivity contribution < 1.29 is 9.53 Å². The fourth-order valence-corrected chi connectivity index (χ4v) is 2.32. The lowest BCUT2D eigenvalue weighted by Gasteiger charge is -2.13. The summed E-state index contributed by atoms with van der Waals surface area (Å²) in [5.74, 6) is -0.520. The Bertz CT molecular complexity index is 970. The number of rotatable bonds is 8. The monoisotopic (exact) mass is 377 g/mol. The Hall–Kier alpha value is -3.67. The standard InChI is InChI=1S/C22H23N3O3/c1-4-6-10-17(5-2)15-24-25-14-13-19(26)21(20(25)22(27)23-3)28-16-18-11-8-7-9-12-18/h4-15H,1,16H2,2-3H3,(H,23,27)/b10-6-,17-5+,24-15-. The minimum atomic E-state index is -0.471. The SMILES string of the molecule is C=C\C=C/C(/C=N\n1ccc(=O)c(OCc2ccccc2)c1C(=O)NC)=C\C. The number of allylic oxidation sites excluding steroid dienone is 5. The van der Waals surface area contributed by atoms with Crippen LogP contribution in [0.4, 0.5) is 0 Å². The van der Waals surface area contributed by atoms with E-state index in [1.54, 1.807) is 18.4 Å². The fourth-order valence-electron chi connectivity index (χ4n) is 2.32. The Morgan fingerprint density at radius 2 is 2.04 bits per heavy atom. The van der Waals surface area contributed by atoms with Gasteiger partial charge in [0.15, 0.2) is 11.4 Å². The molecule has 144 valence electrons. The minimum absolute atomic E-state index is 0.0327. The summed E-state index contributed by atoms with van der Waals surface area (Å²) in [6, 6.07) is 10.7. The maximum atomic E-state index is 12.4. The number of benzene rings is 1. The van der Waals surface area contributed by atoms with E-state index in [0.29, 0.717) is 0 Å². The van der Waals surface area contributed by atoms with Crippen LogP contribution >= 0.6 is 0 Å². The molecule has 2 rings (SSSR count). The van der Waals surface area contributed by atoms with E-state index in [0.717, 1.165) is 11.1 Å². The van der Waals surface area contributed by atoms with Gasteiger partial charge in [-0.15, -0.1) is 0 Å². The van der Waals surface area contributed by atoms with Gasteiger partial charge in [-0.3, -0.25) is 9.59 Å². The lowest BCUT2D eigenvalue weighted by atomic mass is 10.2. The summed E-state index contributed by atoms with van der Waals surface area (Å²) in [5.41, 5.74) is 1.34. The molecule has 0 bridgehead atoms. The molecule has 6 nitrogen and oxygen atoms in total. The number of nitrogens with one attached hydrogen (secondary N) is 1. The average molecular weight is 377 g/mol. The van der Waals surface area contributed by atoms with E-state index in [1.165, 1.54) is 24.0 Å². The second-order valence-electron chi connectivity index (χ2n) is 5.68. The first-order valence-corrected chi connectivity index (χ1v) is 8.75. The third-order valence-corrected chi connectivity index (χ3v) is 3.79.